The zero-order valence-electron chi connectivity index (χ0n) is 42.3. The van der Waals surface area contributed by atoms with Gasteiger partial charge in [-0.3, -0.25) is 9.59 Å². The quantitative estimate of drug-likeness (QED) is 0.0149. The maximum Gasteiger partial charge on any atom is 0.305 e. The van der Waals surface area contributed by atoms with E-state index >= 15 is 0 Å². The van der Waals surface area contributed by atoms with Crippen LogP contribution in [0.5, 0.6) is 0 Å². The van der Waals surface area contributed by atoms with Gasteiger partial charge in [0, 0.05) is 12.8 Å². The molecule has 1 heterocycles. The highest BCUT2D eigenvalue weighted by molar-refractivity contribution is 5.76. The van der Waals surface area contributed by atoms with Gasteiger partial charge in [0.25, 0.3) is 0 Å². The second-order valence-corrected chi connectivity index (χ2v) is 18.6. The van der Waals surface area contributed by atoms with E-state index in [0.717, 1.165) is 116 Å². The van der Waals surface area contributed by atoms with Gasteiger partial charge in [-0.25, -0.2) is 0 Å². The number of carbonyl (C=O) groups excluding carboxylic acids is 2. The fourth-order valence-corrected chi connectivity index (χ4v) is 7.98. The number of ether oxygens (including phenoxy) is 3. The molecule has 11 nitrogen and oxygen atoms in total. The summed E-state index contributed by atoms with van der Waals surface area (Å²) in [5.74, 6) is -0.265. The van der Waals surface area contributed by atoms with Gasteiger partial charge in [0.1, 0.15) is 24.4 Å². The maximum absolute atomic E-state index is 13.0. The van der Waals surface area contributed by atoms with Gasteiger partial charge in [-0.15, -0.1) is 0 Å². The Labute approximate surface area is 408 Å². The molecule has 0 bridgehead atoms. The number of hydrogen-bond donors (Lipinski definition) is 6. The van der Waals surface area contributed by atoms with Gasteiger partial charge in [-0.05, 0) is 96.3 Å². The second kappa shape index (κ2) is 45.8. The Morgan fingerprint density at radius 1 is 0.567 bits per heavy atom. The van der Waals surface area contributed by atoms with Gasteiger partial charge in [-0.1, -0.05) is 171 Å². The van der Waals surface area contributed by atoms with Crippen molar-refractivity contribution >= 4 is 11.9 Å². The molecule has 11 heteroatoms. The topological polar surface area (TPSA) is 175 Å². The van der Waals surface area contributed by atoms with E-state index in [1.165, 1.54) is 77.0 Å². The van der Waals surface area contributed by atoms with Gasteiger partial charge in [-0.2, -0.15) is 0 Å². The average molecular weight is 946 g/mol. The van der Waals surface area contributed by atoms with Crippen LogP contribution in [0.3, 0.4) is 0 Å². The van der Waals surface area contributed by atoms with Crippen molar-refractivity contribution in [2.24, 2.45) is 0 Å². The van der Waals surface area contributed by atoms with Crippen molar-refractivity contribution in [3.05, 3.63) is 60.8 Å². The first kappa shape index (κ1) is 62.4. The smallest absolute Gasteiger partial charge is 0.305 e. The Balaban J connectivity index is 2.13. The summed E-state index contributed by atoms with van der Waals surface area (Å²) in [6.07, 6.45) is 47.4. The van der Waals surface area contributed by atoms with E-state index in [-0.39, 0.29) is 18.5 Å². The van der Waals surface area contributed by atoms with Crippen LogP contribution in [0.2, 0.25) is 0 Å². The third-order valence-electron chi connectivity index (χ3n) is 12.4. The molecule has 6 N–H and O–H groups in total. The van der Waals surface area contributed by atoms with Gasteiger partial charge in [0.05, 0.1) is 32.0 Å². The molecule has 0 aromatic rings. The van der Waals surface area contributed by atoms with Gasteiger partial charge >= 0.3 is 5.97 Å². The number of esters is 1. The van der Waals surface area contributed by atoms with Crippen LogP contribution in [0.25, 0.3) is 0 Å². The first-order valence-corrected chi connectivity index (χ1v) is 27.1. The number of nitrogens with one attached hydrogen (secondary N) is 1. The normalized spacial score (nSPS) is 20.0. The summed E-state index contributed by atoms with van der Waals surface area (Å²) < 4.78 is 16.6. The minimum atomic E-state index is -1.58. The Morgan fingerprint density at radius 2 is 1.04 bits per heavy atom. The van der Waals surface area contributed by atoms with Crippen LogP contribution in [0.15, 0.2) is 60.8 Å². The molecule has 1 amide bonds. The van der Waals surface area contributed by atoms with Crippen molar-refractivity contribution in [1.82, 2.24) is 5.32 Å². The SMILES string of the molecule is CCCCC/C=C\C/C=C\CCCCCCCC(=O)OCCCCC/C=C\C=C/CCCCCCCCC(=O)NC(COC1OC(CO)C(O)C(O)C1O)C(O)/C=C/CCCCCCCCC. The summed E-state index contributed by atoms with van der Waals surface area (Å²) in [7, 11) is 0. The number of carbonyl (C=O) groups is 2. The lowest BCUT2D eigenvalue weighted by molar-refractivity contribution is -0.302. The molecule has 0 aliphatic carbocycles. The molecule has 1 saturated heterocycles. The van der Waals surface area contributed by atoms with Crippen LogP contribution in [0.1, 0.15) is 219 Å². The number of amides is 1. The van der Waals surface area contributed by atoms with E-state index < -0.39 is 49.5 Å². The summed E-state index contributed by atoms with van der Waals surface area (Å²) >= 11 is 0. The van der Waals surface area contributed by atoms with E-state index in [4.69, 9.17) is 14.2 Å². The second-order valence-electron chi connectivity index (χ2n) is 18.6. The highest BCUT2D eigenvalue weighted by atomic mass is 16.7. The van der Waals surface area contributed by atoms with Crippen molar-refractivity contribution in [2.75, 3.05) is 19.8 Å². The molecule has 67 heavy (non-hydrogen) atoms. The van der Waals surface area contributed by atoms with E-state index in [0.29, 0.717) is 19.4 Å². The summed E-state index contributed by atoms with van der Waals surface area (Å²) in [6, 6.07) is -0.827. The molecule has 388 valence electrons. The van der Waals surface area contributed by atoms with E-state index in [2.05, 4.69) is 67.8 Å². The summed E-state index contributed by atoms with van der Waals surface area (Å²) in [4.78, 5) is 25.0. The lowest BCUT2D eigenvalue weighted by Gasteiger charge is -2.40. The summed E-state index contributed by atoms with van der Waals surface area (Å²) in [5.41, 5.74) is 0. The predicted molar refractivity (Wildman–Crippen MR) is 273 cm³/mol. The van der Waals surface area contributed by atoms with E-state index in [1.807, 2.05) is 6.08 Å². The fourth-order valence-electron chi connectivity index (χ4n) is 7.98. The Bertz CT molecular complexity index is 1300. The van der Waals surface area contributed by atoms with Gasteiger partial charge in [0.2, 0.25) is 5.91 Å². The van der Waals surface area contributed by atoms with E-state index in [1.54, 1.807) is 6.08 Å². The molecule has 0 aromatic carbocycles. The minimum absolute atomic E-state index is 0.0563. The molecule has 1 aliphatic rings. The standard InChI is InChI=1S/C56H99NO10/c1-3-5-7-9-11-13-14-15-17-21-24-28-32-36-40-44-52(61)65-45-41-37-33-29-25-22-19-16-18-20-23-27-31-35-39-43-51(60)57-48(49(59)42-38-34-30-26-12-10-8-6-4-2)47-66-56-55(64)54(63)53(62)50(46-58)67-56/h11,13,15-17,19,22,25,38,42,48-50,53-56,58-59,62-64H,3-10,12,14,18,20-21,23-24,26-37,39-41,43-47H2,1-2H3,(H,57,60)/b13-11-,17-15-,19-16-,25-22-,42-38+. The zero-order valence-corrected chi connectivity index (χ0v) is 42.3. The monoisotopic (exact) mass is 946 g/mol. The third-order valence-corrected chi connectivity index (χ3v) is 12.4. The number of hydrogen-bond acceptors (Lipinski definition) is 10. The van der Waals surface area contributed by atoms with Crippen molar-refractivity contribution in [3.63, 3.8) is 0 Å². The fraction of sp³-hybridized carbons (Fsp3) is 0.786. The van der Waals surface area contributed by atoms with Gasteiger partial charge < -0.3 is 45.1 Å². The van der Waals surface area contributed by atoms with Gasteiger partial charge in [0.15, 0.2) is 6.29 Å². The maximum atomic E-state index is 13.0. The largest absolute Gasteiger partial charge is 0.466 e. The molecule has 1 rings (SSSR count). The molecular weight excluding hydrogens is 847 g/mol. The Morgan fingerprint density at radius 3 is 1.63 bits per heavy atom. The minimum Gasteiger partial charge on any atom is -0.466 e. The van der Waals surface area contributed by atoms with Crippen molar-refractivity contribution in [3.8, 4) is 0 Å². The number of rotatable bonds is 45. The lowest BCUT2D eigenvalue weighted by atomic mass is 9.99. The molecule has 1 fully saturated rings. The average Bonchev–Trinajstić information content (AvgIpc) is 3.32. The first-order valence-electron chi connectivity index (χ1n) is 27.1. The predicted octanol–water partition coefficient (Wildman–Crippen LogP) is 11.5. The number of unbranched alkanes of at least 4 members (excludes halogenated alkanes) is 24. The molecule has 0 radical (unpaired) electrons. The lowest BCUT2D eigenvalue weighted by Crippen LogP contribution is -2.60. The van der Waals surface area contributed by atoms with Crippen LogP contribution in [-0.2, 0) is 23.8 Å². The van der Waals surface area contributed by atoms with Crippen LogP contribution < -0.4 is 5.32 Å². The highest BCUT2D eigenvalue weighted by Crippen LogP contribution is 2.23. The first-order chi connectivity index (χ1) is 32.7. The van der Waals surface area contributed by atoms with Crippen molar-refractivity contribution in [2.45, 2.75) is 262 Å². The molecule has 7 atom stereocenters. The molecular formula is C56H99NO10. The molecule has 0 aromatic heterocycles. The van der Waals surface area contributed by atoms with Crippen molar-refractivity contribution < 1.29 is 49.3 Å². The molecule has 1 aliphatic heterocycles. The summed E-state index contributed by atoms with van der Waals surface area (Å²) in [6.45, 7) is 4.18. The highest BCUT2D eigenvalue weighted by Gasteiger charge is 2.44. The molecule has 0 spiro atoms. The van der Waals surface area contributed by atoms with Crippen LogP contribution in [0.4, 0.5) is 0 Å². The number of allylic oxidation sites excluding steroid dienone is 9. The number of aliphatic hydroxyl groups is 5. The molecule has 7 unspecified atom stereocenters. The number of aliphatic hydroxyl groups excluding tert-OH is 5. The van der Waals surface area contributed by atoms with Crippen LogP contribution in [0, 0.1) is 0 Å². The zero-order chi connectivity index (χ0) is 48.8. The van der Waals surface area contributed by atoms with Crippen molar-refractivity contribution in [1.29, 1.82) is 0 Å². The van der Waals surface area contributed by atoms with Crippen LogP contribution >= 0.6 is 0 Å². The van der Waals surface area contributed by atoms with Crippen LogP contribution in [-0.4, -0.2) is 100 Å². The summed E-state index contributed by atoms with van der Waals surface area (Å²) in [5, 5.41) is 54.1. The third kappa shape index (κ3) is 36.0. The Hall–Kier alpha value is -2.64. The molecule has 0 saturated carbocycles. The van der Waals surface area contributed by atoms with E-state index in [9.17, 15) is 35.1 Å². The Kier molecular flexibility index (Phi) is 42.6.